The predicted molar refractivity (Wildman–Crippen MR) is 106 cm³/mol. The Labute approximate surface area is 161 Å². The van der Waals surface area contributed by atoms with E-state index in [4.69, 9.17) is 9.47 Å². The summed E-state index contributed by atoms with van der Waals surface area (Å²) >= 11 is 1.34. The first kappa shape index (κ1) is 18.6. The van der Waals surface area contributed by atoms with Gasteiger partial charge in [-0.05, 0) is 35.9 Å². The number of nitrogens with zero attached hydrogens (tertiary/aromatic N) is 2. The minimum atomic E-state index is -0.263. The first-order chi connectivity index (χ1) is 13.2. The standard InChI is InChI=1S/C20H19N3O3S/c1-25-17-9-5-6-15(14-17)10-11-18(24)21-20-23-22-19(27-20)12-13-26-16-7-3-2-4-8-16/h2-11,14H,12-13H2,1H3,(H,21,23,24)/b11-10+. The molecule has 6 nitrogen and oxygen atoms in total. The Morgan fingerprint density at radius 1 is 1.11 bits per heavy atom. The van der Waals surface area contributed by atoms with Crippen LogP contribution in [0, 0.1) is 0 Å². The number of benzene rings is 2. The lowest BCUT2D eigenvalue weighted by atomic mass is 10.2. The van der Waals surface area contributed by atoms with Crippen molar-refractivity contribution < 1.29 is 14.3 Å². The fraction of sp³-hybridized carbons (Fsp3) is 0.150. The Bertz CT molecular complexity index is 910. The Balaban J connectivity index is 1.48. The number of anilines is 1. The molecule has 3 rings (SSSR count). The van der Waals surface area contributed by atoms with Crippen molar-refractivity contribution in [2.75, 3.05) is 19.0 Å². The van der Waals surface area contributed by atoms with E-state index >= 15 is 0 Å². The molecule has 0 radical (unpaired) electrons. The third kappa shape index (κ3) is 5.93. The molecule has 2 aromatic carbocycles. The average Bonchev–Trinajstić information content (AvgIpc) is 3.14. The highest BCUT2D eigenvalue weighted by Crippen LogP contribution is 2.17. The second-order valence-corrected chi connectivity index (χ2v) is 6.57. The summed E-state index contributed by atoms with van der Waals surface area (Å²) in [5.41, 5.74) is 0.875. The molecule has 27 heavy (non-hydrogen) atoms. The first-order valence-corrected chi connectivity index (χ1v) is 9.18. The number of nitrogens with one attached hydrogen (secondary N) is 1. The molecule has 0 saturated heterocycles. The van der Waals surface area contributed by atoms with Crippen molar-refractivity contribution in [3.63, 3.8) is 0 Å². The second kappa shape index (κ2) is 9.49. The number of carbonyl (C=O) groups is 1. The molecule has 0 bridgehead atoms. The zero-order valence-corrected chi connectivity index (χ0v) is 15.6. The molecule has 0 atom stereocenters. The summed E-state index contributed by atoms with van der Waals surface area (Å²) in [6.07, 6.45) is 3.80. The Kier molecular flexibility index (Phi) is 6.54. The molecule has 0 aliphatic carbocycles. The normalized spacial score (nSPS) is 10.7. The van der Waals surface area contributed by atoms with Crippen LogP contribution in [0.5, 0.6) is 11.5 Å². The molecule has 1 N–H and O–H groups in total. The number of ether oxygens (including phenoxy) is 2. The summed E-state index contributed by atoms with van der Waals surface area (Å²) in [6, 6.07) is 17.0. The van der Waals surface area contributed by atoms with Gasteiger partial charge in [0.15, 0.2) is 0 Å². The van der Waals surface area contributed by atoms with Gasteiger partial charge in [0.2, 0.25) is 11.0 Å². The van der Waals surface area contributed by atoms with Crippen LogP contribution in [0.15, 0.2) is 60.7 Å². The van der Waals surface area contributed by atoms with Crippen LogP contribution < -0.4 is 14.8 Å². The Hall–Kier alpha value is -3.19. The van der Waals surface area contributed by atoms with Crippen LogP contribution >= 0.6 is 11.3 Å². The number of carbonyl (C=O) groups excluding carboxylic acids is 1. The van der Waals surface area contributed by atoms with E-state index in [9.17, 15) is 4.79 Å². The molecular formula is C20H19N3O3S. The van der Waals surface area contributed by atoms with Crippen LogP contribution in [0.4, 0.5) is 5.13 Å². The Morgan fingerprint density at radius 3 is 2.74 bits per heavy atom. The van der Waals surface area contributed by atoms with Crippen molar-refractivity contribution in [1.29, 1.82) is 0 Å². The van der Waals surface area contributed by atoms with Crippen molar-refractivity contribution in [1.82, 2.24) is 10.2 Å². The fourth-order valence-corrected chi connectivity index (χ4v) is 2.97. The van der Waals surface area contributed by atoms with E-state index in [2.05, 4.69) is 15.5 Å². The van der Waals surface area contributed by atoms with E-state index in [1.54, 1.807) is 13.2 Å². The topological polar surface area (TPSA) is 73.3 Å². The molecule has 1 aromatic heterocycles. The molecule has 1 heterocycles. The van der Waals surface area contributed by atoms with Crippen LogP contribution in [-0.4, -0.2) is 29.8 Å². The van der Waals surface area contributed by atoms with Gasteiger partial charge in [0.1, 0.15) is 16.5 Å². The lowest BCUT2D eigenvalue weighted by Crippen LogP contribution is -2.07. The minimum Gasteiger partial charge on any atom is -0.497 e. The van der Waals surface area contributed by atoms with Gasteiger partial charge in [-0.2, -0.15) is 0 Å². The van der Waals surface area contributed by atoms with Crippen LogP contribution in [-0.2, 0) is 11.2 Å². The summed E-state index contributed by atoms with van der Waals surface area (Å²) in [7, 11) is 1.60. The van der Waals surface area contributed by atoms with Crippen LogP contribution in [0.2, 0.25) is 0 Å². The van der Waals surface area contributed by atoms with Gasteiger partial charge < -0.3 is 9.47 Å². The molecular weight excluding hydrogens is 362 g/mol. The van der Waals surface area contributed by atoms with Gasteiger partial charge in [-0.3, -0.25) is 10.1 Å². The molecule has 0 aliphatic heterocycles. The van der Waals surface area contributed by atoms with E-state index in [1.807, 2.05) is 54.6 Å². The maximum absolute atomic E-state index is 12.0. The smallest absolute Gasteiger partial charge is 0.250 e. The fourth-order valence-electron chi connectivity index (χ4n) is 2.24. The van der Waals surface area contributed by atoms with Crippen LogP contribution in [0.25, 0.3) is 6.08 Å². The van der Waals surface area contributed by atoms with Crippen molar-refractivity contribution in [2.24, 2.45) is 0 Å². The second-order valence-electron chi connectivity index (χ2n) is 5.51. The third-order valence-corrected chi connectivity index (χ3v) is 4.44. The van der Waals surface area contributed by atoms with E-state index in [-0.39, 0.29) is 5.91 Å². The zero-order valence-electron chi connectivity index (χ0n) is 14.8. The van der Waals surface area contributed by atoms with Crippen molar-refractivity contribution in [3.05, 3.63) is 71.2 Å². The highest BCUT2D eigenvalue weighted by Gasteiger charge is 2.06. The van der Waals surface area contributed by atoms with E-state index in [0.717, 1.165) is 22.1 Å². The van der Waals surface area contributed by atoms with Gasteiger partial charge in [-0.25, -0.2) is 0 Å². The number of hydrogen-bond acceptors (Lipinski definition) is 6. The van der Waals surface area contributed by atoms with E-state index in [0.29, 0.717) is 18.2 Å². The molecule has 1 amide bonds. The number of methoxy groups -OCH3 is 1. The predicted octanol–water partition coefficient (Wildman–Crippen LogP) is 3.82. The van der Waals surface area contributed by atoms with Crippen LogP contribution in [0.3, 0.4) is 0 Å². The van der Waals surface area contributed by atoms with E-state index in [1.165, 1.54) is 17.4 Å². The highest BCUT2D eigenvalue weighted by atomic mass is 32.1. The molecule has 7 heteroatoms. The summed E-state index contributed by atoms with van der Waals surface area (Å²) < 4.78 is 10.8. The average molecular weight is 381 g/mol. The van der Waals surface area contributed by atoms with Gasteiger partial charge in [-0.1, -0.05) is 41.7 Å². The van der Waals surface area contributed by atoms with Crippen molar-refractivity contribution in [2.45, 2.75) is 6.42 Å². The van der Waals surface area contributed by atoms with Gasteiger partial charge in [0.25, 0.3) is 0 Å². The van der Waals surface area contributed by atoms with Gasteiger partial charge in [0.05, 0.1) is 13.7 Å². The maximum Gasteiger partial charge on any atom is 0.250 e. The number of para-hydroxylation sites is 1. The Morgan fingerprint density at radius 2 is 1.93 bits per heavy atom. The SMILES string of the molecule is COc1cccc(/C=C/C(=O)Nc2nnc(CCOc3ccccc3)s2)c1. The van der Waals surface area contributed by atoms with E-state index < -0.39 is 0 Å². The lowest BCUT2D eigenvalue weighted by Gasteiger charge is -2.03. The molecule has 138 valence electrons. The van der Waals surface area contributed by atoms with Gasteiger partial charge in [0, 0.05) is 12.5 Å². The molecule has 0 spiro atoms. The minimum absolute atomic E-state index is 0.263. The van der Waals surface area contributed by atoms with Crippen LogP contribution in [0.1, 0.15) is 10.6 Å². The summed E-state index contributed by atoms with van der Waals surface area (Å²) in [5.74, 6) is 1.29. The molecule has 0 aliphatic rings. The molecule has 0 saturated carbocycles. The van der Waals surface area contributed by atoms with Crippen molar-refractivity contribution in [3.8, 4) is 11.5 Å². The molecule has 0 fully saturated rings. The van der Waals surface area contributed by atoms with Gasteiger partial charge >= 0.3 is 0 Å². The molecule has 3 aromatic rings. The number of aromatic nitrogens is 2. The van der Waals surface area contributed by atoms with Gasteiger partial charge in [-0.15, -0.1) is 10.2 Å². The highest BCUT2D eigenvalue weighted by molar-refractivity contribution is 7.15. The van der Waals surface area contributed by atoms with Crippen molar-refractivity contribution >= 4 is 28.5 Å². The lowest BCUT2D eigenvalue weighted by molar-refractivity contribution is -0.111. The number of hydrogen-bond donors (Lipinski definition) is 1. The summed E-state index contributed by atoms with van der Waals surface area (Å²) in [4.78, 5) is 12.0. The third-order valence-electron chi connectivity index (χ3n) is 3.55. The number of rotatable bonds is 8. The zero-order chi connectivity index (χ0) is 18.9. The maximum atomic E-state index is 12.0. The largest absolute Gasteiger partial charge is 0.497 e. The quantitative estimate of drug-likeness (QED) is 0.601. The summed E-state index contributed by atoms with van der Waals surface area (Å²) in [5, 5.41) is 12.0. The molecule has 0 unspecified atom stereocenters. The number of amides is 1. The summed E-state index contributed by atoms with van der Waals surface area (Å²) in [6.45, 7) is 0.502. The first-order valence-electron chi connectivity index (χ1n) is 8.36. The monoisotopic (exact) mass is 381 g/mol.